The first-order valence-electron chi connectivity index (χ1n) is 6.80. The molecular formula is C14H13ClN4O3S. The summed E-state index contributed by atoms with van der Waals surface area (Å²) in [7, 11) is 0. The quantitative estimate of drug-likeness (QED) is 0.754. The first kappa shape index (κ1) is 15.9. The molecule has 0 aliphatic carbocycles. The molecule has 0 amide bonds. The lowest BCUT2D eigenvalue weighted by Crippen LogP contribution is -2.23. The largest absolute Gasteiger partial charge is 0.387 e. The predicted octanol–water partition coefficient (Wildman–Crippen LogP) is 1.97. The van der Waals surface area contributed by atoms with Gasteiger partial charge < -0.3 is 9.63 Å². The van der Waals surface area contributed by atoms with E-state index in [9.17, 15) is 9.90 Å². The van der Waals surface area contributed by atoms with E-state index in [0.29, 0.717) is 5.82 Å². The molecule has 3 aromatic rings. The Morgan fingerprint density at radius 3 is 3.00 bits per heavy atom. The molecule has 1 atom stereocenters. The molecule has 0 radical (unpaired) electrons. The van der Waals surface area contributed by atoms with Crippen LogP contribution in [0.5, 0.6) is 0 Å². The SMILES string of the molecule is Cc1ccc([C@@H](O)Cc2noc(Cn3nccc(Cl)c3=O)n2)s1. The number of thiophene rings is 1. The number of aliphatic hydroxyl groups excluding tert-OH is 1. The lowest BCUT2D eigenvalue weighted by Gasteiger charge is -2.04. The van der Waals surface area contributed by atoms with Crippen LogP contribution in [0.2, 0.25) is 5.02 Å². The maximum atomic E-state index is 11.8. The van der Waals surface area contributed by atoms with Gasteiger partial charge in [0, 0.05) is 22.4 Å². The zero-order valence-electron chi connectivity index (χ0n) is 12.1. The third kappa shape index (κ3) is 3.66. The monoisotopic (exact) mass is 352 g/mol. The van der Waals surface area contributed by atoms with Crippen molar-refractivity contribution < 1.29 is 9.63 Å². The van der Waals surface area contributed by atoms with Crippen LogP contribution in [0.3, 0.4) is 0 Å². The van der Waals surface area contributed by atoms with Gasteiger partial charge in [-0.2, -0.15) is 10.1 Å². The molecule has 0 aliphatic rings. The van der Waals surface area contributed by atoms with E-state index in [4.69, 9.17) is 16.1 Å². The molecule has 0 aromatic carbocycles. The second-order valence-electron chi connectivity index (χ2n) is 4.91. The van der Waals surface area contributed by atoms with E-state index in [2.05, 4.69) is 15.2 Å². The summed E-state index contributed by atoms with van der Waals surface area (Å²) in [6.45, 7) is 2.00. The summed E-state index contributed by atoms with van der Waals surface area (Å²) in [5.41, 5.74) is -0.428. The van der Waals surface area contributed by atoms with E-state index < -0.39 is 11.7 Å². The number of nitrogens with zero attached hydrogens (tertiary/aromatic N) is 4. The number of aliphatic hydroxyl groups is 1. The van der Waals surface area contributed by atoms with E-state index >= 15 is 0 Å². The molecular weight excluding hydrogens is 340 g/mol. The molecule has 0 unspecified atom stereocenters. The minimum absolute atomic E-state index is 0.0284. The molecule has 3 heterocycles. The van der Waals surface area contributed by atoms with Crippen molar-refractivity contribution in [3.63, 3.8) is 0 Å². The van der Waals surface area contributed by atoms with Gasteiger partial charge in [-0.25, -0.2) is 4.68 Å². The lowest BCUT2D eigenvalue weighted by atomic mass is 10.2. The Hall–Kier alpha value is -2.03. The zero-order chi connectivity index (χ0) is 16.4. The number of rotatable bonds is 5. The van der Waals surface area contributed by atoms with Gasteiger partial charge in [0.2, 0.25) is 5.89 Å². The van der Waals surface area contributed by atoms with Crippen LogP contribution < -0.4 is 5.56 Å². The molecule has 0 bridgehead atoms. The fraction of sp³-hybridized carbons (Fsp3) is 0.286. The molecule has 0 aliphatic heterocycles. The molecule has 1 N–H and O–H groups in total. The molecule has 3 aromatic heterocycles. The number of hydrogen-bond acceptors (Lipinski definition) is 7. The summed E-state index contributed by atoms with van der Waals surface area (Å²) >= 11 is 7.27. The normalized spacial score (nSPS) is 12.5. The van der Waals surface area contributed by atoms with Crippen LogP contribution in [0.15, 0.2) is 33.7 Å². The minimum atomic E-state index is -0.689. The van der Waals surface area contributed by atoms with E-state index in [0.717, 1.165) is 14.4 Å². The molecule has 120 valence electrons. The van der Waals surface area contributed by atoms with E-state index in [1.807, 2.05) is 19.1 Å². The van der Waals surface area contributed by atoms with Crippen molar-refractivity contribution in [2.75, 3.05) is 0 Å². The van der Waals surface area contributed by atoms with Gasteiger partial charge in [0.25, 0.3) is 5.56 Å². The Kier molecular flexibility index (Phi) is 4.56. The first-order valence-corrected chi connectivity index (χ1v) is 8.00. The van der Waals surface area contributed by atoms with Gasteiger partial charge in [0.1, 0.15) is 11.6 Å². The van der Waals surface area contributed by atoms with Crippen molar-refractivity contribution in [1.29, 1.82) is 0 Å². The van der Waals surface area contributed by atoms with Crippen molar-refractivity contribution in [2.45, 2.75) is 26.0 Å². The summed E-state index contributed by atoms with van der Waals surface area (Å²) in [5.74, 6) is 0.597. The molecule has 9 heteroatoms. The van der Waals surface area contributed by atoms with Gasteiger partial charge in [0.05, 0.1) is 6.10 Å². The van der Waals surface area contributed by atoms with Crippen molar-refractivity contribution in [3.05, 3.63) is 61.2 Å². The Bertz CT molecular complexity index is 873. The highest BCUT2D eigenvalue weighted by atomic mass is 35.5. The highest BCUT2D eigenvalue weighted by molar-refractivity contribution is 7.12. The van der Waals surface area contributed by atoms with E-state index in [-0.39, 0.29) is 23.9 Å². The number of aromatic nitrogens is 4. The zero-order valence-corrected chi connectivity index (χ0v) is 13.7. The van der Waals surface area contributed by atoms with Crippen molar-refractivity contribution in [2.24, 2.45) is 0 Å². The highest BCUT2D eigenvalue weighted by Gasteiger charge is 2.16. The third-order valence-corrected chi connectivity index (χ3v) is 4.52. The number of aryl methyl sites for hydroxylation is 1. The average Bonchev–Trinajstić information content (AvgIpc) is 3.13. The molecule has 0 fully saturated rings. The fourth-order valence-corrected chi connectivity index (χ4v) is 3.03. The molecule has 3 rings (SSSR count). The van der Waals surface area contributed by atoms with Crippen LogP contribution >= 0.6 is 22.9 Å². The van der Waals surface area contributed by atoms with Crippen molar-refractivity contribution >= 4 is 22.9 Å². The Balaban J connectivity index is 1.71. The summed E-state index contributed by atoms with van der Waals surface area (Å²) in [4.78, 5) is 17.9. The Morgan fingerprint density at radius 2 is 2.26 bits per heavy atom. The lowest BCUT2D eigenvalue weighted by molar-refractivity contribution is 0.178. The van der Waals surface area contributed by atoms with Gasteiger partial charge in [-0.1, -0.05) is 16.8 Å². The Labute approximate surface area is 140 Å². The molecule has 0 saturated carbocycles. The second kappa shape index (κ2) is 6.61. The molecule has 0 spiro atoms. The summed E-state index contributed by atoms with van der Waals surface area (Å²) < 4.78 is 6.23. The van der Waals surface area contributed by atoms with Crippen LogP contribution in [-0.4, -0.2) is 25.0 Å². The van der Waals surface area contributed by atoms with Crippen LogP contribution in [0.4, 0.5) is 0 Å². The predicted molar refractivity (Wildman–Crippen MR) is 84.6 cm³/mol. The maximum absolute atomic E-state index is 11.8. The number of hydrogen-bond donors (Lipinski definition) is 1. The summed E-state index contributed by atoms with van der Waals surface area (Å²) in [6, 6.07) is 5.24. The molecule has 7 nitrogen and oxygen atoms in total. The van der Waals surface area contributed by atoms with Crippen LogP contribution in [0.1, 0.15) is 27.6 Å². The van der Waals surface area contributed by atoms with Crippen LogP contribution in [0.25, 0.3) is 0 Å². The molecule has 0 saturated heterocycles. The maximum Gasteiger partial charge on any atom is 0.285 e. The van der Waals surface area contributed by atoms with Gasteiger partial charge in [-0.3, -0.25) is 4.79 Å². The number of halogens is 1. The smallest absolute Gasteiger partial charge is 0.285 e. The van der Waals surface area contributed by atoms with E-state index in [1.54, 1.807) is 0 Å². The molecule has 23 heavy (non-hydrogen) atoms. The van der Waals surface area contributed by atoms with Gasteiger partial charge in [0.15, 0.2) is 5.82 Å². The summed E-state index contributed by atoms with van der Waals surface area (Å²) in [5, 5.41) is 18.0. The third-order valence-electron chi connectivity index (χ3n) is 3.13. The van der Waals surface area contributed by atoms with Gasteiger partial charge in [-0.15, -0.1) is 11.3 Å². The van der Waals surface area contributed by atoms with Crippen molar-refractivity contribution in [1.82, 2.24) is 19.9 Å². The first-order chi connectivity index (χ1) is 11.0. The van der Waals surface area contributed by atoms with Gasteiger partial charge in [-0.05, 0) is 25.1 Å². The van der Waals surface area contributed by atoms with Crippen LogP contribution in [-0.2, 0) is 13.0 Å². The van der Waals surface area contributed by atoms with Crippen LogP contribution in [0, 0.1) is 6.92 Å². The van der Waals surface area contributed by atoms with Crippen molar-refractivity contribution in [3.8, 4) is 0 Å². The standard InChI is InChI=1S/C14H13ClN4O3S/c1-8-2-3-11(23-8)10(20)6-12-17-13(22-18-12)7-19-14(21)9(15)4-5-16-19/h2-5,10,20H,6-7H2,1H3/t10-/m0/s1. The topological polar surface area (TPSA) is 94.0 Å². The highest BCUT2D eigenvalue weighted by Crippen LogP contribution is 2.24. The van der Waals surface area contributed by atoms with Gasteiger partial charge >= 0.3 is 0 Å². The second-order valence-corrected chi connectivity index (χ2v) is 6.64. The average molecular weight is 353 g/mol. The summed E-state index contributed by atoms with van der Waals surface area (Å²) in [6.07, 6.45) is 0.969. The van der Waals surface area contributed by atoms with E-state index in [1.165, 1.54) is 23.6 Å². The fourth-order valence-electron chi connectivity index (χ4n) is 2.01. The minimum Gasteiger partial charge on any atom is -0.387 e. The Morgan fingerprint density at radius 1 is 1.43 bits per heavy atom.